The van der Waals surface area contributed by atoms with Gasteiger partial charge in [-0.25, -0.2) is 4.79 Å². The molecule has 0 spiro atoms. The van der Waals surface area contributed by atoms with Crippen LogP contribution in [0.1, 0.15) is 23.0 Å². The number of aryl methyl sites for hydroxylation is 1. The minimum Gasteiger partial charge on any atom is -0.452 e. The number of nitrogens with zero attached hydrogens (tertiary/aromatic N) is 2. The zero-order valence-electron chi connectivity index (χ0n) is 17.0. The van der Waals surface area contributed by atoms with Crippen molar-refractivity contribution in [3.8, 4) is 0 Å². The quantitative estimate of drug-likeness (QED) is 0.448. The second-order valence-corrected chi connectivity index (χ2v) is 7.04. The molecule has 30 heavy (non-hydrogen) atoms. The number of para-hydroxylation sites is 1. The van der Waals surface area contributed by atoms with Crippen LogP contribution in [0.15, 0.2) is 72.8 Å². The molecule has 0 saturated carbocycles. The molecule has 1 aromatic heterocycles. The standard InChI is InChI=1S/C25H22N2O3/c1-3-27(23-14-8-10-18-9-4-5-11-19(18)23)24(28)16-30-25(29)21-15-17(2)26-22-13-7-6-12-20(21)22/h4-15H,3,16H2,1-2H3. The third kappa shape index (κ3) is 3.74. The molecule has 0 saturated heterocycles. The Morgan fingerprint density at radius 2 is 1.63 bits per heavy atom. The van der Waals surface area contributed by atoms with E-state index in [0.29, 0.717) is 17.5 Å². The Labute approximate surface area is 174 Å². The van der Waals surface area contributed by atoms with E-state index in [1.165, 1.54) is 0 Å². The lowest BCUT2D eigenvalue weighted by atomic mass is 10.1. The van der Waals surface area contributed by atoms with Crippen molar-refractivity contribution in [1.29, 1.82) is 0 Å². The fourth-order valence-electron chi connectivity index (χ4n) is 3.68. The Bertz CT molecular complexity index is 1240. The van der Waals surface area contributed by atoms with E-state index in [0.717, 1.165) is 27.7 Å². The zero-order chi connectivity index (χ0) is 21.1. The first-order valence-electron chi connectivity index (χ1n) is 9.90. The van der Waals surface area contributed by atoms with Crippen molar-refractivity contribution in [2.75, 3.05) is 18.1 Å². The van der Waals surface area contributed by atoms with Crippen LogP contribution < -0.4 is 4.90 Å². The SMILES string of the molecule is CCN(C(=O)COC(=O)c1cc(C)nc2ccccc12)c1cccc2ccccc12. The summed E-state index contributed by atoms with van der Waals surface area (Å²) in [6, 6.07) is 22.8. The van der Waals surface area contributed by atoms with Gasteiger partial charge in [-0.15, -0.1) is 0 Å². The predicted molar refractivity (Wildman–Crippen MR) is 119 cm³/mol. The number of likely N-dealkylation sites (N-methyl/N-ethyl adjacent to an activating group) is 1. The van der Waals surface area contributed by atoms with Crippen molar-refractivity contribution in [3.05, 3.63) is 84.1 Å². The molecule has 5 heteroatoms. The van der Waals surface area contributed by atoms with Crippen molar-refractivity contribution >= 4 is 39.2 Å². The first kappa shape index (κ1) is 19.6. The summed E-state index contributed by atoms with van der Waals surface area (Å²) >= 11 is 0. The number of hydrogen-bond acceptors (Lipinski definition) is 4. The van der Waals surface area contributed by atoms with Gasteiger partial charge in [-0.3, -0.25) is 9.78 Å². The molecule has 0 bridgehead atoms. The second-order valence-electron chi connectivity index (χ2n) is 7.04. The van der Waals surface area contributed by atoms with Crippen LogP contribution in [0.25, 0.3) is 21.7 Å². The fourth-order valence-corrected chi connectivity index (χ4v) is 3.68. The Balaban J connectivity index is 1.56. The molecule has 0 N–H and O–H groups in total. The van der Waals surface area contributed by atoms with Gasteiger partial charge in [0.15, 0.2) is 6.61 Å². The third-order valence-corrected chi connectivity index (χ3v) is 5.07. The zero-order valence-corrected chi connectivity index (χ0v) is 17.0. The van der Waals surface area contributed by atoms with Gasteiger partial charge >= 0.3 is 5.97 Å². The summed E-state index contributed by atoms with van der Waals surface area (Å²) in [6.07, 6.45) is 0. The van der Waals surface area contributed by atoms with E-state index in [-0.39, 0.29) is 12.5 Å². The first-order valence-corrected chi connectivity index (χ1v) is 9.90. The highest BCUT2D eigenvalue weighted by Gasteiger charge is 2.20. The van der Waals surface area contributed by atoms with Crippen molar-refractivity contribution in [1.82, 2.24) is 4.98 Å². The van der Waals surface area contributed by atoms with Crippen molar-refractivity contribution in [2.45, 2.75) is 13.8 Å². The number of carbonyl (C=O) groups excluding carboxylic acids is 2. The highest BCUT2D eigenvalue weighted by atomic mass is 16.5. The maximum atomic E-state index is 12.9. The summed E-state index contributed by atoms with van der Waals surface area (Å²) in [5.74, 6) is -0.795. The Kier molecular flexibility index (Phi) is 5.44. The fraction of sp³-hybridized carbons (Fsp3) is 0.160. The van der Waals surface area contributed by atoms with Gasteiger partial charge in [0, 0.05) is 23.0 Å². The Morgan fingerprint density at radius 3 is 2.43 bits per heavy atom. The van der Waals surface area contributed by atoms with Gasteiger partial charge in [-0.2, -0.15) is 0 Å². The molecule has 3 aromatic carbocycles. The summed E-state index contributed by atoms with van der Waals surface area (Å²) in [7, 11) is 0. The highest BCUT2D eigenvalue weighted by Crippen LogP contribution is 2.27. The van der Waals surface area contributed by atoms with Crippen LogP contribution in [0.5, 0.6) is 0 Å². The predicted octanol–water partition coefficient (Wildman–Crippen LogP) is 4.91. The van der Waals surface area contributed by atoms with Crippen LogP contribution >= 0.6 is 0 Å². The number of ether oxygens (including phenoxy) is 1. The summed E-state index contributed by atoms with van der Waals surface area (Å²) in [5, 5.41) is 2.75. The molecule has 0 aliphatic carbocycles. The van der Waals surface area contributed by atoms with Crippen LogP contribution in [0.2, 0.25) is 0 Å². The van der Waals surface area contributed by atoms with Crippen LogP contribution in [-0.2, 0) is 9.53 Å². The molecule has 1 amide bonds. The van der Waals surface area contributed by atoms with Crippen molar-refractivity contribution in [3.63, 3.8) is 0 Å². The summed E-state index contributed by atoms with van der Waals surface area (Å²) in [6.45, 7) is 3.88. The van der Waals surface area contributed by atoms with Crippen LogP contribution in [-0.4, -0.2) is 30.0 Å². The van der Waals surface area contributed by atoms with E-state index >= 15 is 0 Å². The average Bonchev–Trinajstić information content (AvgIpc) is 2.77. The summed E-state index contributed by atoms with van der Waals surface area (Å²) in [5.41, 5.74) is 2.67. The Hall–Kier alpha value is -3.73. The lowest BCUT2D eigenvalue weighted by molar-refractivity contribution is -0.121. The molecule has 0 unspecified atom stereocenters. The summed E-state index contributed by atoms with van der Waals surface area (Å²) in [4.78, 5) is 31.8. The number of hydrogen-bond donors (Lipinski definition) is 0. The number of amides is 1. The van der Waals surface area contributed by atoms with Crippen LogP contribution in [0.4, 0.5) is 5.69 Å². The highest BCUT2D eigenvalue weighted by molar-refractivity contribution is 6.06. The minimum absolute atomic E-state index is 0.266. The lowest BCUT2D eigenvalue weighted by Crippen LogP contribution is -2.34. The van der Waals surface area contributed by atoms with E-state index in [1.54, 1.807) is 11.0 Å². The normalized spacial score (nSPS) is 10.9. The number of aromatic nitrogens is 1. The van der Waals surface area contributed by atoms with E-state index in [9.17, 15) is 9.59 Å². The van der Waals surface area contributed by atoms with Crippen molar-refractivity contribution < 1.29 is 14.3 Å². The number of fused-ring (bicyclic) bond motifs is 2. The average molecular weight is 398 g/mol. The number of rotatable bonds is 5. The van der Waals surface area contributed by atoms with Gasteiger partial charge in [-0.1, -0.05) is 54.6 Å². The van der Waals surface area contributed by atoms with E-state index in [2.05, 4.69) is 4.98 Å². The molecule has 4 aromatic rings. The third-order valence-electron chi connectivity index (χ3n) is 5.07. The van der Waals surface area contributed by atoms with Gasteiger partial charge < -0.3 is 9.64 Å². The monoisotopic (exact) mass is 398 g/mol. The molecule has 1 heterocycles. The largest absolute Gasteiger partial charge is 0.452 e. The molecule has 5 nitrogen and oxygen atoms in total. The minimum atomic E-state index is -0.529. The van der Waals surface area contributed by atoms with Gasteiger partial charge in [-0.05, 0) is 37.4 Å². The molecule has 4 rings (SSSR count). The lowest BCUT2D eigenvalue weighted by Gasteiger charge is -2.22. The number of pyridine rings is 1. The van der Waals surface area contributed by atoms with Gasteiger partial charge in [0.25, 0.3) is 5.91 Å². The number of carbonyl (C=O) groups is 2. The van der Waals surface area contributed by atoms with Gasteiger partial charge in [0.05, 0.1) is 16.8 Å². The maximum Gasteiger partial charge on any atom is 0.339 e. The number of anilines is 1. The molecular formula is C25H22N2O3. The topological polar surface area (TPSA) is 59.5 Å². The van der Waals surface area contributed by atoms with E-state index in [4.69, 9.17) is 4.74 Å². The smallest absolute Gasteiger partial charge is 0.339 e. The molecule has 0 radical (unpaired) electrons. The molecule has 0 aliphatic heterocycles. The number of benzene rings is 3. The van der Waals surface area contributed by atoms with Crippen molar-refractivity contribution in [2.24, 2.45) is 0 Å². The Morgan fingerprint density at radius 1 is 0.933 bits per heavy atom. The van der Waals surface area contributed by atoms with Gasteiger partial charge in [0.1, 0.15) is 0 Å². The van der Waals surface area contributed by atoms with Gasteiger partial charge in [0.2, 0.25) is 0 Å². The maximum absolute atomic E-state index is 12.9. The molecule has 150 valence electrons. The number of esters is 1. The van der Waals surface area contributed by atoms with E-state index in [1.807, 2.05) is 80.6 Å². The van der Waals surface area contributed by atoms with Crippen LogP contribution in [0.3, 0.4) is 0 Å². The molecule has 0 fully saturated rings. The molecular weight excluding hydrogens is 376 g/mol. The first-order chi connectivity index (χ1) is 14.6. The van der Waals surface area contributed by atoms with Crippen LogP contribution in [0, 0.1) is 6.92 Å². The summed E-state index contributed by atoms with van der Waals surface area (Å²) < 4.78 is 5.41. The molecule has 0 aliphatic rings. The molecule has 0 atom stereocenters. The van der Waals surface area contributed by atoms with E-state index < -0.39 is 5.97 Å². The second kappa shape index (κ2) is 8.33.